The van der Waals surface area contributed by atoms with Crippen molar-refractivity contribution >= 4 is 11.9 Å². The fourth-order valence-electron chi connectivity index (χ4n) is 2.19. The summed E-state index contributed by atoms with van der Waals surface area (Å²) in [6.45, 7) is 6.56. The summed E-state index contributed by atoms with van der Waals surface area (Å²) in [5.74, 6) is -1.73. The van der Waals surface area contributed by atoms with E-state index in [2.05, 4.69) is 4.98 Å². The number of esters is 1. The molecule has 10 nitrogen and oxygen atoms in total. The lowest BCUT2D eigenvalue weighted by molar-refractivity contribution is -0.157. The lowest BCUT2D eigenvalue weighted by Crippen LogP contribution is -2.48. The first-order valence-corrected chi connectivity index (χ1v) is 8.12. The Morgan fingerprint density at radius 3 is 2.54 bits per heavy atom. The molecule has 0 saturated heterocycles. The molecule has 0 bridgehead atoms. The third-order valence-corrected chi connectivity index (χ3v) is 3.37. The van der Waals surface area contributed by atoms with Crippen LogP contribution in [0.3, 0.4) is 0 Å². The van der Waals surface area contributed by atoms with Gasteiger partial charge in [-0.15, -0.1) is 0 Å². The lowest BCUT2D eigenvalue weighted by Gasteiger charge is -2.26. The molecule has 1 rings (SSSR count). The zero-order chi connectivity index (χ0) is 20.1. The Morgan fingerprint density at radius 2 is 2.00 bits per heavy atom. The van der Waals surface area contributed by atoms with Gasteiger partial charge >= 0.3 is 17.6 Å². The number of carbonyl (C=O) groups is 2. The zero-order valence-corrected chi connectivity index (χ0v) is 15.4. The van der Waals surface area contributed by atoms with E-state index in [4.69, 9.17) is 15.6 Å². The summed E-state index contributed by atoms with van der Waals surface area (Å²) in [4.78, 5) is 49.8. The second-order valence-corrected chi connectivity index (χ2v) is 7.03. The van der Waals surface area contributed by atoms with Gasteiger partial charge < -0.3 is 15.6 Å². The molecule has 146 valence electrons. The molecule has 0 aliphatic carbocycles. The standard InChI is InChI=1S/C16H26N4O6/c1-10-7-20(15(25)18-13(10)23)6-5-19(9-12(21)22)8-11(17)14(24)26-16(2,3)4/h7,11H,5-6,8-9,17H2,1-4H3,(H,21,22)(H,18,23,25). The lowest BCUT2D eigenvalue weighted by atomic mass is 10.2. The fourth-order valence-corrected chi connectivity index (χ4v) is 2.19. The van der Waals surface area contributed by atoms with Crippen LogP contribution in [-0.2, 0) is 20.9 Å². The van der Waals surface area contributed by atoms with Gasteiger partial charge in [-0.05, 0) is 27.7 Å². The number of aryl methyl sites for hydroxylation is 1. The van der Waals surface area contributed by atoms with Crippen LogP contribution in [0.4, 0.5) is 0 Å². The van der Waals surface area contributed by atoms with E-state index in [9.17, 15) is 19.2 Å². The minimum absolute atomic E-state index is 0.0434. The van der Waals surface area contributed by atoms with E-state index in [1.165, 1.54) is 15.7 Å². The van der Waals surface area contributed by atoms with Gasteiger partial charge in [-0.1, -0.05) is 0 Å². The number of nitrogens with one attached hydrogen (secondary N) is 1. The van der Waals surface area contributed by atoms with Crippen molar-refractivity contribution < 1.29 is 19.4 Å². The van der Waals surface area contributed by atoms with Crippen LogP contribution in [0.5, 0.6) is 0 Å². The minimum atomic E-state index is -1.09. The van der Waals surface area contributed by atoms with Crippen LogP contribution in [0.15, 0.2) is 15.8 Å². The highest BCUT2D eigenvalue weighted by atomic mass is 16.6. The summed E-state index contributed by atoms with van der Waals surface area (Å²) < 4.78 is 6.45. The summed E-state index contributed by atoms with van der Waals surface area (Å²) in [6, 6.07) is -1.03. The van der Waals surface area contributed by atoms with Gasteiger partial charge in [-0.25, -0.2) is 4.79 Å². The van der Waals surface area contributed by atoms with Crippen molar-refractivity contribution in [1.82, 2.24) is 14.5 Å². The highest BCUT2D eigenvalue weighted by molar-refractivity contribution is 5.76. The second-order valence-electron chi connectivity index (χ2n) is 7.03. The van der Waals surface area contributed by atoms with Gasteiger partial charge in [0.1, 0.15) is 11.6 Å². The predicted octanol–water partition coefficient (Wildman–Crippen LogP) is -1.10. The maximum Gasteiger partial charge on any atom is 0.328 e. The van der Waals surface area contributed by atoms with Crippen molar-refractivity contribution in [2.45, 2.75) is 45.9 Å². The topological polar surface area (TPSA) is 148 Å². The largest absolute Gasteiger partial charge is 0.480 e. The number of aromatic amines is 1. The van der Waals surface area contributed by atoms with Crippen LogP contribution in [0.2, 0.25) is 0 Å². The van der Waals surface area contributed by atoms with Crippen molar-refractivity contribution in [1.29, 1.82) is 0 Å². The molecule has 26 heavy (non-hydrogen) atoms. The quantitative estimate of drug-likeness (QED) is 0.489. The number of H-pyrrole nitrogens is 1. The molecule has 0 aliphatic rings. The van der Waals surface area contributed by atoms with E-state index in [0.717, 1.165) is 0 Å². The number of carboxylic acids is 1. The Bertz CT molecular complexity index is 761. The SMILES string of the molecule is Cc1cn(CCN(CC(=O)O)CC(N)C(=O)OC(C)(C)C)c(=O)[nH]c1=O. The Labute approximate surface area is 150 Å². The molecule has 0 aliphatic heterocycles. The van der Waals surface area contributed by atoms with Crippen molar-refractivity contribution in [2.24, 2.45) is 5.73 Å². The van der Waals surface area contributed by atoms with E-state index < -0.39 is 34.8 Å². The molecule has 0 spiro atoms. The molecule has 0 saturated carbocycles. The number of nitrogens with zero attached hydrogens (tertiary/aromatic N) is 2. The summed E-state index contributed by atoms with van der Waals surface area (Å²) in [6.07, 6.45) is 1.40. The maximum absolute atomic E-state index is 12.0. The van der Waals surface area contributed by atoms with Gasteiger partial charge in [0.15, 0.2) is 0 Å². The van der Waals surface area contributed by atoms with Gasteiger partial charge in [-0.3, -0.25) is 28.8 Å². The molecule has 0 aromatic carbocycles. The molecule has 10 heteroatoms. The summed E-state index contributed by atoms with van der Waals surface area (Å²) in [7, 11) is 0. The first-order valence-electron chi connectivity index (χ1n) is 8.12. The number of hydrogen-bond acceptors (Lipinski definition) is 7. The Hall–Kier alpha value is -2.46. The maximum atomic E-state index is 12.0. The summed E-state index contributed by atoms with van der Waals surface area (Å²) in [5, 5.41) is 9.04. The molecule has 1 aromatic rings. The number of rotatable bonds is 8. The molecular formula is C16H26N4O6. The van der Waals surface area contributed by atoms with Crippen LogP contribution in [0.25, 0.3) is 0 Å². The fraction of sp³-hybridized carbons (Fsp3) is 0.625. The zero-order valence-electron chi connectivity index (χ0n) is 15.4. The number of ether oxygens (including phenoxy) is 1. The molecule has 1 atom stereocenters. The average molecular weight is 370 g/mol. The van der Waals surface area contributed by atoms with Crippen LogP contribution in [-0.4, -0.2) is 62.8 Å². The number of aromatic nitrogens is 2. The van der Waals surface area contributed by atoms with Gasteiger partial charge in [0.25, 0.3) is 5.56 Å². The van der Waals surface area contributed by atoms with E-state index in [1.54, 1.807) is 27.7 Å². The summed E-state index contributed by atoms with van der Waals surface area (Å²) >= 11 is 0. The Morgan fingerprint density at radius 1 is 1.38 bits per heavy atom. The first kappa shape index (κ1) is 21.6. The molecule has 0 fully saturated rings. The van der Waals surface area contributed by atoms with Gasteiger partial charge in [-0.2, -0.15) is 0 Å². The monoisotopic (exact) mass is 370 g/mol. The smallest absolute Gasteiger partial charge is 0.328 e. The third kappa shape index (κ3) is 7.19. The molecule has 0 amide bonds. The summed E-state index contributed by atoms with van der Waals surface area (Å²) in [5.41, 5.74) is 4.42. The third-order valence-electron chi connectivity index (χ3n) is 3.37. The van der Waals surface area contributed by atoms with Crippen molar-refractivity contribution in [3.05, 3.63) is 32.6 Å². The van der Waals surface area contributed by atoms with Crippen LogP contribution in [0.1, 0.15) is 26.3 Å². The second kappa shape index (κ2) is 8.77. The van der Waals surface area contributed by atoms with Crippen LogP contribution in [0, 0.1) is 6.92 Å². The van der Waals surface area contributed by atoms with Crippen LogP contribution >= 0.6 is 0 Å². The highest BCUT2D eigenvalue weighted by Crippen LogP contribution is 2.08. The Balaban J connectivity index is 2.80. The van der Waals surface area contributed by atoms with Gasteiger partial charge in [0.2, 0.25) is 0 Å². The average Bonchev–Trinajstić information content (AvgIpc) is 2.46. The Kier molecular flexibility index (Phi) is 7.28. The highest BCUT2D eigenvalue weighted by Gasteiger charge is 2.24. The van der Waals surface area contributed by atoms with Crippen molar-refractivity contribution in [3.8, 4) is 0 Å². The molecule has 1 heterocycles. The number of carbonyl (C=O) groups excluding carboxylic acids is 1. The normalized spacial score (nSPS) is 12.8. The van der Waals surface area contributed by atoms with E-state index in [1.807, 2.05) is 0 Å². The number of nitrogens with two attached hydrogens (primary N) is 1. The minimum Gasteiger partial charge on any atom is -0.480 e. The van der Waals surface area contributed by atoms with Crippen molar-refractivity contribution in [3.63, 3.8) is 0 Å². The van der Waals surface area contributed by atoms with E-state index >= 15 is 0 Å². The molecule has 4 N–H and O–H groups in total. The number of aliphatic carboxylic acids is 1. The van der Waals surface area contributed by atoms with Crippen molar-refractivity contribution in [2.75, 3.05) is 19.6 Å². The van der Waals surface area contributed by atoms with Gasteiger partial charge in [0, 0.05) is 31.4 Å². The number of hydrogen-bond donors (Lipinski definition) is 3. The predicted molar refractivity (Wildman–Crippen MR) is 94.0 cm³/mol. The molecular weight excluding hydrogens is 344 g/mol. The van der Waals surface area contributed by atoms with E-state index in [0.29, 0.717) is 5.56 Å². The molecule has 1 unspecified atom stereocenters. The molecule has 0 radical (unpaired) electrons. The first-order chi connectivity index (χ1) is 11.9. The van der Waals surface area contributed by atoms with Crippen LogP contribution < -0.4 is 17.0 Å². The van der Waals surface area contributed by atoms with E-state index in [-0.39, 0.29) is 26.2 Å². The molecule has 1 aromatic heterocycles. The number of carboxylic acid groups (broad SMARTS) is 1. The van der Waals surface area contributed by atoms with Gasteiger partial charge in [0.05, 0.1) is 6.54 Å².